The Morgan fingerprint density at radius 2 is 2.06 bits per heavy atom. The Labute approximate surface area is 101 Å². The molecule has 1 aromatic heterocycles. The minimum absolute atomic E-state index is 0.0990. The molecule has 0 radical (unpaired) electrons. The summed E-state index contributed by atoms with van der Waals surface area (Å²) in [6.07, 6.45) is -3.35. The van der Waals surface area contributed by atoms with Crippen LogP contribution in [0, 0.1) is 6.92 Å². The third-order valence-electron chi connectivity index (χ3n) is 2.05. The first kappa shape index (κ1) is 13.3. The average Bonchev–Trinajstić information content (AvgIpc) is 2.13. The average molecular weight is 297 g/mol. The van der Waals surface area contributed by atoms with Gasteiger partial charge in [-0.25, -0.2) is 4.98 Å². The van der Waals surface area contributed by atoms with Crippen molar-refractivity contribution in [3.63, 3.8) is 0 Å². The fourth-order valence-electron chi connectivity index (χ4n) is 1.21. The fraction of sp³-hybridized carbons (Fsp3) is 0.500. The molecule has 16 heavy (non-hydrogen) atoms. The van der Waals surface area contributed by atoms with Gasteiger partial charge < -0.3 is 4.90 Å². The summed E-state index contributed by atoms with van der Waals surface area (Å²) in [6.45, 7) is 1.77. The summed E-state index contributed by atoms with van der Waals surface area (Å²) in [5.41, 5.74) is 0.958. The van der Waals surface area contributed by atoms with E-state index in [9.17, 15) is 13.2 Å². The molecule has 0 amide bonds. The van der Waals surface area contributed by atoms with Crippen molar-refractivity contribution in [2.24, 2.45) is 0 Å². The van der Waals surface area contributed by atoms with Gasteiger partial charge in [0.25, 0.3) is 0 Å². The minimum Gasteiger partial charge on any atom is -0.358 e. The normalized spacial score (nSPS) is 11.6. The maximum absolute atomic E-state index is 12.0. The Morgan fingerprint density at radius 1 is 1.44 bits per heavy atom. The summed E-state index contributed by atoms with van der Waals surface area (Å²) < 4.78 is 36.8. The van der Waals surface area contributed by atoms with Gasteiger partial charge in [-0.05, 0) is 34.5 Å². The molecule has 6 heteroatoms. The highest BCUT2D eigenvalue weighted by Gasteiger charge is 2.27. The van der Waals surface area contributed by atoms with Gasteiger partial charge in [-0.1, -0.05) is 0 Å². The molecule has 0 N–H and O–H groups in total. The first-order chi connectivity index (χ1) is 7.29. The second kappa shape index (κ2) is 5.03. The van der Waals surface area contributed by atoms with Gasteiger partial charge in [-0.2, -0.15) is 13.2 Å². The minimum atomic E-state index is -4.13. The quantitative estimate of drug-likeness (QED) is 0.848. The highest BCUT2D eigenvalue weighted by molar-refractivity contribution is 9.10. The Kier molecular flexibility index (Phi) is 4.18. The smallest absolute Gasteiger partial charge is 0.358 e. The molecule has 2 nitrogen and oxygen atoms in total. The van der Waals surface area contributed by atoms with Crippen molar-refractivity contribution in [1.82, 2.24) is 4.98 Å². The lowest BCUT2D eigenvalue weighted by Gasteiger charge is -2.20. The molecule has 90 valence electrons. The molecule has 0 saturated carbocycles. The van der Waals surface area contributed by atoms with Crippen molar-refractivity contribution in [2.75, 3.05) is 18.5 Å². The number of hydrogen-bond donors (Lipinski definition) is 0. The molecule has 0 aliphatic rings. The molecule has 1 heterocycles. The van der Waals surface area contributed by atoms with Crippen LogP contribution in [0.1, 0.15) is 12.0 Å². The Hall–Kier alpha value is -0.780. The second-order valence-electron chi connectivity index (χ2n) is 3.60. The molecule has 0 unspecified atom stereocenters. The Morgan fingerprint density at radius 3 is 2.56 bits per heavy atom. The zero-order valence-corrected chi connectivity index (χ0v) is 10.6. The van der Waals surface area contributed by atoms with Gasteiger partial charge in [-0.15, -0.1) is 0 Å². The lowest BCUT2D eigenvalue weighted by Crippen LogP contribution is -2.25. The van der Waals surface area contributed by atoms with Gasteiger partial charge in [0.2, 0.25) is 0 Å². The van der Waals surface area contributed by atoms with Crippen LogP contribution < -0.4 is 4.90 Å². The molecule has 0 aliphatic carbocycles. The maximum atomic E-state index is 12.0. The number of pyridine rings is 1. The van der Waals surface area contributed by atoms with E-state index < -0.39 is 12.6 Å². The first-order valence-electron chi connectivity index (χ1n) is 4.69. The van der Waals surface area contributed by atoms with E-state index in [0.29, 0.717) is 10.3 Å². The number of aryl methyl sites for hydroxylation is 1. The van der Waals surface area contributed by atoms with Crippen LogP contribution in [0.5, 0.6) is 0 Å². The van der Waals surface area contributed by atoms with Crippen molar-refractivity contribution in [3.8, 4) is 0 Å². The van der Waals surface area contributed by atoms with Crippen LogP contribution in [0.2, 0.25) is 0 Å². The van der Waals surface area contributed by atoms with Gasteiger partial charge in [0.15, 0.2) is 0 Å². The van der Waals surface area contributed by atoms with Crippen LogP contribution in [0.25, 0.3) is 0 Å². The van der Waals surface area contributed by atoms with Crippen LogP contribution in [-0.2, 0) is 0 Å². The molecule has 0 aliphatic heterocycles. The van der Waals surface area contributed by atoms with E-state index in [1.807, 2.05) is 13.0 Å². The van der Waals surface area contributed by atoms with Gasteiger partial charge in [0.1, 0.15) is 5.82 Å². The van der Waals surface area contributed by atoms with Gasteiger partial charge in [0, 0.05) is 19.8 Å². The SMILES string of the molecule is Cc1cnc(N(C)CCC(F)(F)F)c(Br)c1. The molecule has 1 aromatic rings. The fourth-order valence-corrected chi connectivity index (χ4v) is 1.97. The van der Waals surface area contributed by atoms with Crippen LogP contribution in [0.3, 0.4) is 0 Å². The number of hydrogen-bond acceptors (Lipinski definition) is 2. The second-order valence-corrected chi connectivity index (χ2v) is 4.46. The van der Waals surface area contributed by atoms with Crippen molar-refractivity contribution in [1.29, 1.82) is 0 Å². The summed E-state index contributed by atoms with van der Waals surface area (Å²) in [6, 6.07) is 1.83. The van der Waals surface area contributed by atoms with Crippen LogP contribution in [0.15, 0.2) is 16.7 Å². The number of halogens is 4. The third kappa shape index (κ3) is 4.00. The van der Waals surface area contributed by atoms with Crippen LogP contribution >= 0.6 is 15.9 Å². The lowest BCUT2D eigenvalue weighted by molar-refractivity contribution is -0.132. The number of rotatable bonds is 3. The monoisotopic (exact) mass is 296 g/mol. The predicted molar refractivity (Wildman–Crippen MR) is 60.6 cm³/mol. The lowest BCUT2D eigenvalue weighted by atomic mass is 10.3. The molecule has 0 aromatic carbocycles. The largest absolute Gasteiger partial charge is 0.390 e. The van der Waals surface area contributed by atoms with Crippen LogP contribution in [-0.4, -0.2) is 24.8 Å². The van der Waals surface area contributed by atoms with E-state index in [4.69, 9.17) is 0 Å². The van der Waals surface area contributed by atoms with Gasteiger partial charge >= 0.3 is 6.18 Å². The highest BCUT2D eigenvalue weighted by Crippen LogP contribution is 2.26. The zero-order chi connectivity index (χ0) is 12.3. The Balaban J connectivity index is 2.70. The highest BCUT2D eigenvalue weighted by atomic mass is 79.9. The zero-order valence-electron chi connectivity index (χ0n) is 8.98. The molecule has 0 atom stereocenters. The standard InChI is InChI=1S/C10H12BrF3N2/c1-7-5-8(11)9(15-6-7)16(2)4-3-10(12,13)14/h5-6H,3-4H2,1-2H3. The maximum Gasteiger partial charge on any atom is 0.390 e. The molecule has 0 fully saturated rings. The molecular formula is C10H12BrF3N2. The predicted octanol–water partition coefficient (Wildman–Crippen LogP) is 3.54. The van der Waals surface area contributed by atoms with E-state index in [1.54, 1.807) is 13.2 Å². The molecule has 0 saturated heterocycles. The summed E-state index contributed by atoms with van der Waals surface area (Å²) in [4.78, 5) is 5.57. The summed E-state index contributed by atoms with van der Waals surface area (Å²) in [5, 5.41) is 0. The summed E-state index contributed by atoms with van der Waals surface area (Å²) in [5.74, 6) is 0.523. The van der Waals surface area contributed by atoms with Crippen molar-refractivity contribution in [3.05, 3.63) is 22.3 Å². The summed E-state index contributed by atoms with van der Waals surface area (Å²) >= 11 is 3.28. The number of anilines is 1. The number of aromatic nitrogens is 1. The van der Waals surface area contributed by atoms with Crippen LogP contribution in [0.4, 0.5) is 19.0 Å². The molecular weight excluding hydrogens is 285 g/mol. The van der Waals surface area contributed by atoms with Gasteiger partial charge in [0.05, 0.1) is 10.9 Å². The molecule has 0 bridgehead atoms. The van der Waals surface area contributed by atoms with E-state index >= 15 is 0 Å². The van der Waals surface area contributed by atoms with E-state index in [1.165, 1.54) is 4.90 Å². The number of nitrogens with zero attached hydrogens (tertiary/aromatic N) is 2. The topological polar surface area (TPSA) is 16.1 Å². The Bertz CT molecular complexity index is 366. The van der Waals surface area contributed by atoms with E-state index in [2.05, 4.69) is 20.9 Å². The van der Waals surface area contributed by atoms with Crippen molar-refractivity contribution in [2.45, 2.75) is 19.5 Å². The molecule has 0 spiro atoms. The van der Waals surface area contributed by atoms with Crippen molar-refractivity contribution < 1.29 is 13.2 Å². The summed E-state index contributed by atoms with van der Waals surface area (Å²) in [7, 11) is 1.59. The first-order valence-corrected chi connectivity index (χ1v) is 5.49. The van der Waals surface area contributed by atoms with Gasteiger partial charge in [-0.3, -0.25) is 0 Å². The third-order valence-corrected chi connectivity index (χ3v) is 2.63. The molecule has 1 rings (SSSR count). The van der Waals surface area contributed by atoms with E-state index in [-0.39, 0.29) is 6.54 Å². The van der Waals surface area contributed by atoms with Crippen molar-refractivity contribution >= 4 is 21.7 Å². The van der Waals surface area contributed by atoms with E-state index in [0.717, 1.165) is 5.56 Å². The number of alkyl halides is 3.